The van der Waals surface area contributed by atoms with Gasteiger partial charge in [-0.3, -0.25) is 0 Å². The minimum Gasteiger partial charge on any atom is -0.491 e. The van der Waals surface area contributed by atoms with E-state index in [0.29, 0.717) is 17.9 Å². The molecule has 1 N–H and O–H groups in total. The van der Waals surface area contributed by atoms with Crippen molar-refractivity contribution in [2.24, 2.45) is 0 Å². The molecule has 0 atom stereocenters. The van der Waals surface area contributed by atoms with Gasteiger partial charge in [0.05, 0.1) is 17.2 Å². The van der Waals surface area contributed by atoms with Crippen LogP contribution in [-0.2, 0) is 4.74 Å². The Balaban J connectivity index is 1.97. The first-order chi connectivity index (χ1) is 10.8. The molecule has 1 aliphatic carbocycles. The highest BCUT2D eigenvalue weighted by atomic mass is 16.6. The van der Waals surface area contributed by atoms with Crippen molar-refractivity contribution >= 4 is 6.09 Å². The molecule has 0 aromatic heterocycles. The predicted octanol–water partition coefficient (Wildman–Crippen LogP) is 3.77. The number of nitrogens with zero attached hydrogens (tertiary/aromatic N) is 1. The first kappa shape index (κ1) is 17.1. The van der Waals surface area contributed by atoms with Crippen LogP contribution in [0.2, 0.25) is 0 Å². The molecule has 5 nitrogen and oxygen atoms in total. The first-order valence-corrected chi connectivity index (χ1v) is 7.96. The molecule has 0 spiro atoms. The molecule has 1 fully saturated rings. The largest absolute Gasteiger partial charge is 0.491 e. The SMILES string of the molecule is CC(C)(C)OC(=O)NC1(COc2ccc(C#N)cc2)CCCC1. The van der Waals surface area contributed by atoms with Crippen LogP contribution in [0.5, 0.6) is 5.75 Å². The van der Waals surface area contributed by atoms with E-state index in [0.717, 1.165) is 25.7 Å². The summed E-state index contributed by atoms with van der Waals surface area (Å²) in [5.41, 5.74) is -0.298. The molecule has 0 bridgehead atoms. The van der Waals surface area contributed by atoms with Gasteiger partial charge in [0, 0.05) is 0 Å². The summed E-state index contributed by atoms with van der Waals surface area (Å²) in [6.07, 6.45) is 3.48. The van der Waals surface area contributed by atoms with E-state index in [1.807, 2.05) is 20.8 Å². The van der Waals surface area contributed by atoms with Crippen molar-refractivity contribution < 1.29 is 14.3 Å². The fourth-order valence-corrected chi connectivity index (χ4v) is 2.72. The molecule has 0 heterocycles. The van der Waals surface area contributed by atoms with Gasteiger partial charge in [-0.25, -0.2) is 4.79 Å². The number of hydrogen-bond acceptors (Lipinski definition) is 4. The van der Waals surface area contributed by atoms with E-state index < -0.39 is 11.7 Å². The number of rotatable bonds is 4. The van der Waals surface area contributed by atoms with Gasteiger partial charge in [0.15, 0.2) is 0 Å². The quantitative estimate of drug-likeness (QED) is 0.917. The minimum atomic E-state index is -0.516. The van der Waals surface area contributed by atoms with Crippen LogP contribution >= 0.6 is 0 Å². The lowest BCUT2D eigenvalue weighted by atomic mass is 9.99. The maximum atomic E-state index is 12.1. The normalized spacial score (nSPS) is 16.4. The van der Waals surface area contributed by atoms with Gasteiger partial charge in [0.1, 0.15) is 18.0 Å². The third-order valence-electron chi connectivity index (χ3n) is 3.83. The van der Waals surface area contributed by atoms with Gasteiger partial charge < -0.3 is 14.8 Å². The van der Waals surface area contributed by atoms with Crippen LogP contribution in [0.4, 0.5) is 4.79 Å². The van der Waals surface area contributed by atoms with E-state index >= 15 is 0 Å². The van der Waals surface area contributed by atoms with Gasteiger partial charge in [-0.1, -0.05) is 12.8 Å². The number of hydrogen-bond donors (Lipinski definition) is 1. The molecule has 2 rings (SSSR count). The zero-order valence-electron chi connectivity index (χ0n) is 14.0. The Morgan fingerprint density at radius 2 is 1.87 bits per heavy atom. The van der Waals surface area contributed by atoms with Crippen molar-refractivity contribution in [1.29, 1.82) is 5.26 Å². The Morgan fingerprint density at radius 3 is 2.39 bits per heavy atom. The Bertz CT molecular complexity index is 576. The molecule has 0 saturated heterocycles. The number of carbonyl (C=O) groups excluding carboxylic acids is 1. The monoisotopic (exact) mass is 316 g/mol. The summed E-state index contributed by atoms with van der Waals surface area (Å²) in [7, 11) is 0. The molecule has 1 aliphatic rings. The average Bonchev–Trinajstić information content (AvgIpc) is 2.92. The number of benzene rings is 1. The Labute approximate surface area is 137 Å². The second-order valence-electron chi connectivity index (χ2n) is 7.04. The zero-order valence-corrected chi connectivity index (χ0v) is 14.0. The molecule has 0 radical (unpaired) electrons. The molecule has 0 unspecified atom stereocenters. The summed E-state index contributed by atoms with van der Waals surface area (Å²) in [4.78, 5) is 12.1. The second kappa shape index (κ2) is 6.91. The van der Waals surface area contributed by atoms with Gasteiger partial charge in [0.2, 0.25) is 0 Å². The molecule has 1 aromatic carbocycles. The Kier molecular flexibility index (Phi) is 5.15. The van der Waals surface area contributed by atoms with Crippen molar-refractivity contribution in [3.63, 3.8) is 0 Å². The lowest BCUT2D eigenvalue weighted by molar-refractivity contribution is 0.0416. The number of carbonyl (C=O) groups is 1. The zero-order chi connectivity index (χ0) is 16.9. The van der Waals surface area contributed by atoms with Crippen LogP contribution in [0, 0.1) is 11.3 Å². The van der Waals surface area contributed by atoms with Crippen LogP contribution in [0.25, 0.3) is 0 Å². The van der Waals surface area contributed by atoms with E-state index in [2.05, 4.69) is 11.4 Å². The smallest absolute Gasteiger partial charge is 0.408 e. The topological polar surface area (TPSA) is 71.3 Å². The van der Waals surface area contributed by atoms with Gasteiger partial charge in [0.25, 0.3) is 0 Å². The van der Waals surface area contributed by atoms with E-state index in [1.54, 1.807) is 24.3 Å². The molecule has 0 aliphatic heterocycles. The predicted molar refractivity (Wildman–Crippen MR) is 87.2 cm³/mol. The highest BCUT2D eigenvalue weighted by Crippen LogP contribution is 2.31. The summed E-state index contributed by atoms with van der Waals surface area (Å²) < 4.78 is 11.2. The molecule has 1 aromatic rings. The summed E-state index contributed by atoms with van der Waals surface area (Å²) in [5.74, 6) is 0.696. The summed E-state index contributed by atoms with van der Waals surface area (Å²) in [6.45, 7) is 5.95. The lowest BCUT2D eigenvalue weighted by Gasteiger charge is -2.31. The number of nitriles is 1. The number of amides is 1. The molecular formula is C18H24N2O3. The molecule has 5 heteroatoms. The number of nitrogens with one attached hydrogen (secondary N) is 1. The van der Waals surface area contributed by atoms with E-state index in [9.17, 15) is 4.79 Å². The summed E-state index contributed by atoms with van der Waals surface area (Å²) in [5, 5.41) is 11.8. The third-order valence-corrected chi connectivity index (χ3v) is 3.83. The van der Waals surface area contributed by atoms with Gasteiger partial charge in [-0.05, 0) is 57.9 Å². The second-order valence-corrected chi connectivity index (χ2v) is 7.04. The maximum absolute atomic E-state index is 12.1. The van der Waals surface area contributed by atoms with Crippen molar-refractivity contribution in [2.75, 3.05) is 6.61 Å². The Hall–Kier alpha value is -2.22. The van der Waals surface area contributed by atoms with Crippen LogP contribution in [0.1, 0.15) is 52.0 Å². The molecule has 23 heavy (non-hydrogen) atoms. The fraction of sp³-hybridized carbons (Fsp3) is 0.556. The van der Waals surface area contributed by atoms with Crippen molar-refractivity contribution in [2.45, 2.75) is 57.6 Å². The van der Waals surface area contributed by atoms with Gasteiger partial charge in [-0.2, -0.15) is 5.26 Å². The lowest BCUT2D eigenvalue weighted by Crippen LogP contribution is -2.52. The average molecular weight is 316 g/mol. The molecule has 124 valence electrons. The summed E-state index contributed by atoms with van der Waals surface area (Å²) in [6, 6.07) is 9.06. The molecule has 1 amide bonds. The van der Waals surface area contributed by atoms with Crippen LogP contribution in [-0.4, -0.2) is 23.8 Å². The number of alkyl carbamates (subject to hydrolysis) is 1. The van der Waals surface area contributed by atoms with Crippen LogP contribution in [0.15, 0.2) is 24.3 Å². The van der Waals surface area contributed by atoms with Crippen LogP contribution < -0.4 is 10.1 Å². The Morgan fingerprint density at radius 1 is 1.26 bits per heavy atom. The molecule has 1 saturated carbocycles. The summed E-state index contributed by atoms with van der Waals surface area (Å²) >= 11 is 0. The van der Waals surface area contributed by atoms with Crippen molar-refractivity contribution in [1.82, 2.24) is 5.32 Å². The first-order valence-electron chi connectivity index (χ1n) is 7.96. The highest BCUT2D eigenvalue weighted by Gasteiger charge is 2.37. The van der Waals surface area contributed by atoms with Gasteiger partial charge in [-0.15, -0.1) is 0 Å². The van der Waals surface area contributed by atoms with E-state index in [4.69, 9.17) is 14.7 Å². The molecular weight excluding hydrogens is 292 g/mol. The fourth-order valence-electron chi connectivity index (χ4n) is 2.72. The van der Waals surface area contributed by atoms with Crippen molar-refractivity contribution in [3.8, 4) is 11.8 Å². The number of ether oxygens (including phenoxy) is 2. The van der Waals surface area contributed by atoms with E-state index in [1.165, 1.54) is 0 Å². The standard InChI is InChI=1S/C18H24N2O3/c1-17(2,3)23-16(21)20-18(10-4-5-11-18)13-22-15-8-6-14(12-19)7-9-15/h6-9H,4-5,10-11,13H2,1-3H3,(H,20,21). The highest BCUT2D eigenvalue weighted by molar-refractivity contribution is 5.69. The van der Waals surface area contributed by atoms with Crippen molar-refractivity contribution in [3.05, 3.63) is 29.8 Å². The van der Waals surface area contributed by atoms with Crippen LogP contribution in [0.3, 0.4) is 0 Å². The minimum absolute atomic E-state index is 0.379. The van der Waals surface area contributed by atoms with Gasteiger partial charge >= 0.3 is 6.09 Å². The third kappa shape index (κ3) is 5.17. The van der Waals surface area contributed by atoms with E-state index in [-0.39, 0.29) is 5.54 Å². The maximum Gasteiger partial charge on any atom is 0.408 e.